The molecular formula is C28H32N2O6. The fourth-order valence-corrected chi connectivity index (χ4v) is 6.44. The van der Waals surface area contributed by atoms with Crippen molar-refractivity contribution in [2.45, 2.75) is 63.7 Å². The minimum Gasteiger partial charge on any atom is -0.459 e. The first-order valence-electron chi connectivity index (χ1n) is 12.8. The van der Waals surface area contributed by atoms with E-state index in [1.807, 2.05) is 32.0 Å². The van der Waals surface area contributed by atoms with Gasteiger partial charge in [0.2, 0.25) is 0 Å². The number of β-amino-alcohol motifs (C(OH)–C–C–N with tert-alkyl or cyclic N) is 2. The van der Waals surface area contributed by atoms with Crippen LogP contribution in [0.15, 0.2) is 30.3 Å². The highest BCUT2D eigenvalue weighted by Gasteiger charge is 2.44. The first kappa shape index (κ1) is 23.6. The van der Waals surface area contributed by atoms with Crippen LogP contribution in [0.2, 0.25) is 0 Å². The summed E-state index contributed by atoms with van der Waals surface area (Å²) in [7, 11) is 0. The van der Waals surface area contributed by atoms with Gasteiger partial charge in [0.25, 0.3) is 0 Å². The molecule has 2 bridgehead atoms. The summed E-state index contributed by atoms with van der Waals surface area (Å²) < 4.78 is 10.4. The first-order valence-corrected chi connectivity index (χ1v) is 12.8. The molecule has 2 aromatic rings. The Bertz CT molecular complexity index is 1230. The fourth-order valence-electron chi connectivity index (χ4n) is 6.44. The third kappa shape index (κ3) is 4.02. The van der Waals surface area contributed by atoms with Crippen LogP contribution in [0.1, 0.15) is 74.1 Å². The van der Waals surface area contributed by atoms with Gasteiger partial charge in [-0.25, -0.2) is 9.59 Å². The zero-order chi connectivity index (χ0) is 25.1. The van der Waals surface area contributed by atoms with Crippen LogP contribution < -0.4 is 0 Å². The quantitative estimate of drug-likeness (QED) is 0.593. The van der Waals surface area contributed by atoms with E-state index in [4.69, 9.17) is 9.47 Å². The minimum atomic E-state index is -0.631. The van der Waals surface area contributed by atoms with Gasteiger partial charge in [-0.15, -0.1) is 0 Å². The SMILES string of the molecule is Cc1c([C@H](O)CN2C[C@@H]3C[C@H]2CN3CC(O)c2ccc3c(c2)C[C@@H](C)OC3=O)ccc2c1COC2=O. The lowest BCUT2D eigenvalue weighted by atomic mass is 9.95. The van der Waals surface area contributed by atoms with Gasteiger partial charge in [-0.05, 0) is 54.7 Å². The Morgan fingerprint density at radius 3 is 2.39 bits per heavy atom. The van der Waals surface area contributed by atoms with Crippen LogP contribution in [0.3, 0.4) is 0 Å². The van der Waals surface area contributed by atoms with Crippen LogP contribution in [0, 0.1) is 6.92 Å². The maximum absolute atomic E-state index is 12.1. The number of ether oxygens (including phenoxy) is 2. The predicted octanol–water partition coefficient (Wildman–Crippen LogP) is 2.29. The molecule has 4 heterocycles. The number of cyclic esters (lactones) is 2. The van der Waals surface area contributed by atoms with E-state index >= 15 is 0 Å². The molecule has 1 unspecified atom stereocenters. The van der Waals surface area contributed by atoms with Gasteiger partial charge in [-0.1, -0.05) is 18.2 Å². The number of benzene rings is 2. The van der Waals surface area contributed by atoms with Gasteiger partial charge in [0.15, 0.2) is 0 Å². The number of piperazine rings is 1. The summed E-state index contributed by atoms with van der Waals surface area (Å²) >= 11 is 0. The average molecular weight is 493 g/mol. The Morgan fingerprint density at radius 2 is 1.67 bits per heavy atom. The van der Waals surface area contributed by atoms with Gasteiger partial charge in [0, 0.05) is 50.2 Å². The Kier molecular flexibility index (Phi) is 5.87. The van der Waals surface area contributed by atoms with Gasteiger partial charge in [0.05, 0.1) is 23.3 Å². The molecule has 0 saturated carbocycles. The van der Waals surface area contributed by atoms with Crippen LogP contribution in [0.4, 0.5) is 0 Å². The highest BCUT2D eigenvalue weighted by Crippen LogP contribution is 2.35. The summed E-state index contributed by atoms with van der Waals surface area (Å²) in [4.78, 5) is 28.6. The third-order valence-electron chi connectivity index (χ3n) is 8.40. The molecule has 36 heavy (non-hydrogen) atoms. The normalized spacial score (nSPS) is 26.9. The second kappa shape index (κ2) is 8.95. The summed E-state index contributed by atoms with van der Waals surface area (Å²) in [5.41, 5.74) is 5.65. The van der Waals surface area contributed by atoms with Crippen LogP contribution >= 0.6 is 0 Å². The molecule has 6 rings (SSSR count). The zero-order valence-corrected chi connectivity index (χ0v) is 20.6. The highest BCUT2D eigenvalue weighted by molar-refractivity contribution is 5.94. The van der Waals surface area contributed by atoms with Gasteiger partial charge in [-0.2, -0.15) is 0 Å². The number of carbonyl (C=O) groups is 2. The van der Waals surface area contributed by atoms with E-state index in [1.54, 1.807) is 12.1 Å². The van der Waals surface area contributed by atoms with Crippen molar-refractivity contribution in [2.24, 2.45) is 0 Å². The lowest BCUT2D eigenvalue weighted by Gasteiger charge is -2.36. The summed E-state index contributed by atoms with van der Waals surface area (Å²) in [5.74, 6) is -0.582. The number of rotatable bonds is 6. The molecule has 0 radical (unpaired) electrons. The molecule has 4 aliphatic heterocycles. The van der Waals surface area contributed by atoms with Gasteiger partial charge in [-0.3, -0.25) is 9.80 Å². The second-order valence-electron chi connectivity index (χ2n) is 10.7. The number of fused-ring (bicyclic) bond motifs is 4. The van der Waals surface area contributed by atoms with E-state index in [0.29, 0.717) is 42.7 Å². The van der Waals surface area contributed by atoms with Crippen molar-refractivity contribution in [1.29, 1.82) is 0 Å². The number of aliphatic hydroxyl groups excluding tert-OH is 2. The third-order valence-corrected chi connectivity index (χ3v) is 8.40. The molecule has 2 fully saturated rings. The molecule has 4 aliphatic rings. The molecule has 2 saturated heterocycles. The predicted molar refractivity (Wildman–Crippen MR) is 131 cm³/mol. The van der Waals surface area contributed by atoms with Crippen molar-refractivity contribution in [3.8, 4) is 0 Å². The standard InChI is InChI=1S/C28H32N2O6/c1-15-7-18-8-17(3-4-22(18)28(34)36-15)25(31)12-29-10-20-9-19(29)11-30(20)13-26(32)21-5-6-23-24(16(21)2)14-35-27(23)33/h3-6,8,15,19-20,25-26,31-32H,7,9-14H2,1-2H3/t15-,19+,20+,25?,26-/m1/s1. The van der Waals surface area contributed by atoms with Crippen molar-refractivity contribution in [3.05, 3.63) is 69.3 Å². The van der Waals surface area contributed by atoms with E-state index in [-0.39, 0.29) is 24.6 Å². The van der Waals surface area contributed by atoms with E-state index in [1.165, 1.54) is 0 Å². The topological polar surface area (TPSA) is 99.5 Å². The molecule has 8 heteroatoms. The summed E-state index contributed by atoms with van der Waals surface area (Å²) in [5, 5.41) is 22.0. The second-order valence-corrected chi connectivity index (χ2v) is 10.7. The Balaban J connectivity index is 1.07. The Labute approximate surface area is 210 Å². The molecule has 0 amide bonds. The lowest BCUT2D eigenvalue weighted by Crippen LogP contribution is -2.48. The van der Waals surface area contributed by atoms with E-state index in [0.717, 1.165) is 47.3 Å². The van der Waals surface area contributed by atoms with Crippen LogP contribution in [-0.2, 0) is 22.5 Å². The molecule has 190 valence electrons. The average Bonchev–Trinajstić information content (AvgIpc) is 3.53. The van der Waals surface area contributed by atoms with Crippen molar-refractivity contribution < 1.29 is 29.3 Å². The monoisotopic (exact) mass is 492 g/mol. The van der Waals surface area contributed by atoms with Crippen LogP contribution in [0.25, 0.3) is 0 Å². The molecule has 0 aliphatic carbocycles. The van der Waals surface area contributed by atoms with Crippen molar-refractivity contribution in [1.82, 2.24) is 9.80 Å². The zero-order valence-electron chi connectivity index (χ0n) is 20.6. The molecular weight excluding hydrogens is 460 g/mol. The van der Waals surface area contributed by atoms with Gasteiger partial charge in [0.1, 0.15) is 12.7 Å². The summed E-state index contributed by atoms with van der Waals surface area (Å²) in [6.07, 6.45) is 0.290. The number of nitrogens with zero attached hydrogens (tertiary/aromatic N) is 2. The number of aliphatic hydroxyl groups is 2. The molecule has 0 spiro atoms. The number of hydrogen-bond donors (Lipinski definition) is 2. The molecule has 5 atom stereocenters. The van der Waals surface area contributed by atoms with E-state index in [2.05, 4.69) is 9.80 Å². The molecule has 0 aromatic heterocycles. The fraction of sp³-hybridized carbons (Fsp3) is 0.500. The number of likely N-dealkylation sites (tertiary alicyclic amines) is 2. The van der Waals surface area contributed by atoms with E-state index < -0.39 is 12.2 Å². The first-order chi connectivity index (χ1) is 17.3. The number of hydrogen-bond acceptors (Lipinski definition) is 8. The van der Waals surface area contributed by atoms with Crippen LogP contribution in [-0.4, -0.2) is 76.3 Å². The highest BCUT2D eigenvalue weighted by atomic mass is 16.5. The molecule has 2 aromatic carbocycles. The van der Waals surface area contributed by atoms with Crippen molar-refractivity contribution in [2.75, 3.05) is 26.2 Å². The van der Waals surface area contributed by atoms with Gasteiger partial charge < -0.3 is 19.7 Å². The number of carbonyl (C=O) groups excluding carboxylic acids is 2. The lowest BCUT2D eigenvalue weighted by molar-refractivity contribution is 0.0299. The van der Waals surface area contributed by atoms with Crippen molar-refractivity contribution in [3.63, 3.8) is 0 Å². The Morgan fingerprint density at radius 1 is 0.972 bits per heavy atom. The maximum Gasteiger partial charge on any atom is 0.338 e. The van der Waals surface area contributed by atoms with Crippen molar-refractivity contribution >= 4 is 11.9 Å². The largest absolute Gasteiger partial charge is 0.459 e. The summed E-state index contributed by atoms with van der Waals surface area (Å²) in [6, 6.07) is 9.85. The maximum atomic E-state index is 12.1. The summed E-state index contributed by atoms with van der Waals surface area (Å²) in [6.45, 7) is 6.92. The van der Waals surface area contributed by atoms with Crippen LogP contribution in [0.5, 0.6) is 0 Å². The molecule has 2 N–H and O–H groups in total. The molecule has 8 nitrogen and oxygen atoms in total. The van der Waals surface area contributed by atoms with Gasteiger partial charge >= 0.3 is 11.9 Å². The Hall–Kier alpha value is -2.78. The smallest absolute Gasteiger partial charge is 0.338 e. The minimum absolute atomic E-state index is 0.149. The van der Waals surface area contributed by atoms with E-state index in [9.17, 15) is 19.8 Å². The number of esters is 2.